The van der Waals surface area contributed by atoms with Gasteiger partial charge in [0.05, 0.1) is 0 Å². The lowest BCUT2D eigenvalue weighted by molar-refractivity contribution is 0.133. The van der Waals surface area contributed by atoms with Crippen LogP contribution in [0, 0.1) is 5.92 Å². The Kier molecular flexibility index (Phi) is 3.45. The second-order valence-corrected chi connectivity index (χ2v) is 4.98. The zero-order chi connectivity index (χ0) is 9.97. The maximum atomic E-state index is 3.72. The summed E-state index contributed by atoms with van der Waals surface area (Å²) >= 11 is 0. The van der Waals surface area contributed by atoms with Gasteiger partial charge in [0.1, 0.15) is 0 Å². The Morgan fingerprint density at radius 3 is 2.86 bits per heavy atom. The summed E-state index contributed by atoms with van der Waals surface area (Å²) in [7, 11) is 2.30. The highest BCUT2D eigenvalue weighted by molar-refractivity contribution is 4.93. The van der Waals surface area contributed by atoms with Crippen molar-refractivity contribution in [3.05, 3.63) is 0 Å². The molecule has 0 spiro atoms. The Morgan fingerprint density at radius 2 is 2.14 bits per heavy atom. The highest BCUT2D eigenvalue weighted by Gasteiger charge is 2.35. The number of hydrogen-bond donors (Lipinski definition) is 1. The molecule has 0 saturated carbocycles. The molecule has 0 aromatic heterocycles. The molecular formula is C12H24N2. The zero-order valence-corrected chi connectivity index (χ0v) is 9.63. The summed E-state index contributed by atoms with van der Waals surface area (Å²) in [5.41, 5.74) is 0. The Bertz CT molecular complexity index is 181. The van der Waals surface area contributed by atoms with Crippen molar-refractivity contribution in [2.75, 3.05) is 20.1 Å². The summed E-state index contributed by atoms with van der Waals surface area (Å²) in [6.07, 6.45) is 6.98. The number of piperidine rings is 1. The van der Waals surface area contributed by atoms with Crippen LogP contribution in [0.15, 0.2) is 0 Å². The van der Waals surface area contributed by atoms with Crippen molar-refractivity contribution < 1.29 is 0 Å². The molecule has 2 aliphatic rings. The van der Waals surface area contributed by atoms with E-state index in [9.17, 15) is 0 Å². The number of nitrogens with one attached hydrogen (secondary N) is 1. The normalized spacial score (nSPS) is 40.3. The number of likely N-dealkylation sites (tertiary alicyclic amines) is 1. The second-order valence-electron chi connectivity index (χ2n) is 4.98. The number of likely N-dealkylation sites (N-methyl/N-ethyl adjacent to an activating group) is 1. The molecule has 3 unspecified atom stereocenters. The van der Waals surface area contributed by atoms with Crippen LogP contribution in [-0.2, 0) is 0 Å². The fourth-order valence-electron chi connectivity index (χ4n) is 3.24. The minimum atomic E-state index is 0.783. The van der Waals surface area contributed by atoms with E-state index in [-0.39, 0.29) is 0 Å². The van der Waals surface area contributed by atoms with Crippen LogP contribution in [0.1, 0.15) is 39.0 Å². The van der Waals surface area contributed by atoms with Crippen LogP contribution in [0.2, 0.25) is 0 Å². The molecule has 2 nitrogen and oxygen atoms in total. The van der Waals surface area contributed by atoms with Gasteiger partial charge in [-0.15, -0.1) is 0 Å². The first-order chi connectivity index (χ1) is 6.83. The van der Waals surface area contributed by atoms with Crippen molar-refractivity contribution in [2.45, 2.75) is 51.1 Å². The minimum Gasteiger partial charge on any atom is -0.312 e. The lowest BCUT2D eigenvalue weighted by Gasteiger charge is -2.38. The van der Waals surface area contributed by atoms with Gasteiger partial charge in [-0.2, -0.15) is 0 Å². The predicted octanol–water partition coefficient (Wildman–Crippen LogP) is 1.86. The van der Waals surface area contributed by atoms with E-state index in [2.05, 4.69) is 24.2 Å². The van der Waals surface area contributed by atoms with E-state index in [0.717, 1.165) is 18.0 Å². The topological polar surface area (TPSA) is 15.3 Å². The molecule has 0 radical (unpaired) electrons. The molecule has 2 rings (SSSR count). The average Bonchev–Trinajstić information content (AvgIpc) is 2.66. The molecule has 2 aliphatic heterocycles. The van der Waals surface area contributed by atoms with Crippen LogP contribution in [0.3, 0.4) is 0 Å². The Hall–Kier alpha value is -0.0800. The SMILES string of the molecule is CCC1CCNC1C1CCCCN1C. The molecule has 82 valence electrons. The van der Waals surface area contributed by atoms with Crippen LogP contribution in [0.5, 0.6) is 0 Å². The van der Waals surface area contributed by atoms with Gasteiger partial charge >= 0.3 is 0 Å². The molecule has 2 saturated heterocycles. The van der Waals surface area contributed by atoms with Crippen molar-refractivity contribution in [1.82, 2.24) is 10.2 Å². The molecule has 0 bridgehead atoms. The molecule has 3 atom stereocenters. The van der Waals surface area contributed by atoms with Gasteiger partial charge in [0.2, 0.25) is 0 Å². The fraction of sp³-hybridized carbons (Fsp3) is 1.00. The standard InChI is InChI=1S/C12H24N2/c1-3-10-7-8-13-12(10)11-6-4-5-9-14(11)2/h10-13H,3-9H2,1-2H3. The molecule has 0 aromatic rings. The summed E-state index contributed by atoms with van der Waals surface area (Å²) < 4.78 is 0. The highest BCUT2D eigenvalue weighted by Crippen LogP contribution is 2.28. The second kappa shape index (κ2) is 4.63. The first-order valence-corrected chi connectivity index (χ1v) is 6.26. The van der Waals surface area contributed by atoms with Crippen molar-refractivity contribution >= 4 is 0 Å². The van der Waals surface area contributed by atoms with E-state index in [4.69, 9.17) is 0 Å². The van der Waals surface area contributed by atoms with Gasteiger partial charge in [0, 0.05) is 12.1 Å². The molecule has 0 amide bonds. The molecule has 2 heteroatoms. The Balaban J connectivity index is 1.97. The summed E-state index contributed by atoms with van der Waals surface area (Å²) in [6, 6.07) is 1.60. The molecule has 0 aromatic carbocycles. The van der Waals surface area contributed by atoms with Gasteiger partial charge in [0.25, 0.3) is 0 Å². The molecule has 0 aliphatic carbocycles. The Morgan fingerprint density at radius 1 is 1.29 bits per heavy atom. The first-order valence-electron chi connectivity index (χ1n) is 6.26. The molecular weight excluding hydrogens is 172 g/mol. The average molecular weight is 196 g/mol. The number of hydrogen-bond acceptors (Lipinski definition) is 2. The largest absolute Gasteiger partial charge is 0.312 e. The predicted molar refractivity (Wildman–Crippen MR) is 60.5 cm³/mol. The van der Waals surface area contributed by atoms with Gasteiger partial charge in [-0.25, -0.2) is 0 Å². The lowest BCUT2D eigenvalue weighted by atomic mass is 9.87. The summed E-state index contributed by atoms with van der Waals surface area (Å²) in [6.45, 7) is 4.89. The quantitative estimate of drug-likeness (QED) is 0.725. The van der Waals surface area contributed by atoms with Crippen molar-refractivity contribution in [1.29, 1.82) is 0 Å². The number of rotatable bonds is 2. The smallest absolute Gasteiger partial charge is 0.0251 e. The third-order valence-corrected chi connectivity index (χ3v) is 4.17. The van der Waals surface area contributed by atoms with Gasteiger partial charge in [-0.3, -0.25) is 0 Å². The maximum absolute atomic E-state index is 3.72. The van der Waals surface area contributed by atoms with Crippen LogP contribution in [-0.4, -0.2) is 37.1 Å². The highest BCUT2D eigenvalue weighted by atomic mass is 15.2. The third-order valence-electron chi connectivity index (χ3n) is 4.17. The van der Waals surface area contributed by atoms with Crippen LogP contribution in [0.25, 0.3) is 0 Å². The molecule has 2 fully saturated rings. The van der Waals surface area contributed by atoms with Crippen LogP contribution in [0.4, 0.5) is 0 Å². The maximum Gasteiger partial charge on any atom is 0.0251 e. The van der Waals surface area contributed by atoms with Gasteiger partial charge in [0.15, 0.2) is 0 Å². The van der Waals surface area contributed by atoms with E-state index in [1.807, 2.05) is 0 Å². The molecule has 1 N–H and O–H groups in total. The van der Waals surface area contributed by atoms with Crippen LogP contribution >= 0.6 is 0 Å². The van der Waals surface area contributed by atoms with Crippen LogP contribution < -0.4 is 5.32 Å². The van der Waals surface area contributed by atoms with Gasteiger partial charge in [-0.05, 0) is 45.3 Å². The fourth-order valence-corrected chi connectivity index (χ4v) is 3.24. The summed E-state index contributed by atoms with van der Waals surface area (Å²) in [4.78, 5) is 2.58. The van der Waals surface area contributed by atoms with E-state index >= 15 is 0 Å². The zero-order valence-electron chi connectivity index (χ0n) is 9.63. The van der Waals surface area contributed by atoms with E-state index in [0.29, 0.717) is 0 Å². The minimum absolute atomic E-state index is 0.783. The van der Waals surface area contributed by atoms with Gasteiger partial charge < -0.3 is 10.2 Å². The first kappa shape index (κ1) is 10.4. The van der Waals surface area contributed by atoms with Crippen molar-refractivity contribution in [3.63, 3.8) is 0 Å². The summed E-state index contributed by atoms with van der Waals surface area (Å²) in [5, 5.41) is 3.72. The number of nitrogens with zero attached hydrogens (tertiary/aromatic N) is 1. The van der Waals surface area contributed by atoms with E-state index in [1.165, 1.54) is 45.2 Å². The van der Waals surface area contributed by atoms with E-state index < -0.39 is 0 Å². The molecule has 2 heterocycles. The van der Waals surface area contributed by atoms with E-state index in [1.54, 1.807) is 0 Å². The summed E-state index contributed by atoms with van der Waals surface area (Å²) in [5.74, 6) is 0.931. The van der Waals surface area contributed by atoms with Crippen molar-refractivity contribution in [2.24, 2.45) is 5.92 Å². The van der Waals surface area contributed by atoms with Gasteiger partial charge in [-0.1, -0.05) is 19.8 Å². The lowest BCUT2D eigenvalue weighted by Crippen LogP contribution is -2.50. The van der Waals surface area contributed by atoms with Crippen molar-refractivity contribution in [3.8, 4) is 0 Å². The third kappa shape index (κ3) is 1.96. The Labute approximate surface area is 88.1 Å². The monoisotopic (exact) mass is 196 g/mol. The molecule has 14 heavy (non-hydrogen) atoms.